The number of benzene rings is 2. The predicted octanol–water partition coefficient (Wildman–Crippen LogP) is 3.53. The molecule has 0 aliphatic rings. The Bertz CT molecular complexity index is 832. The molecule has 0 atom stereocenters. The summed E-state index contributed by atoms with van der Waals surface area (Å²) in [5.41, 5.74) is 1.83. The summed E-state index contributed by atoms with van der Waals surface area (Å²) < 4.78 is 2.32. The van der Waals surface area contributed by atoms with Crippen LogP contribution in [0.2, 0.25) is 5.02 Å². The Morgan fingerprint density at radius 2 is 2.10 bits per heavy atom. The summed E-state index contributed by atoms with van der Waals surface area (Å²) in [5, 5.41) is 17.7. The van der Waals surface area contributed by atoms with Gasteiger partial charge in [0, 0.05) is 9.50 Å². The number of aromatic carboxylic acids is 1. The fourth-order valence-electron chi connectivity index (χ4n) is 1.95. The quantitative estimate of drug-likeness (QED) is 0.766. The molecule has 0 unspecified atom stereocenters. The molecule has 0 saturated carbocycles. The van der Waals surface area contributed by atoms with Crippen molar-refractivity contribution in [1.29, 1.82) is 0 Å². The van der Waals surface area contributed by atoms with E-state index in [1.54, 1.807) is 35.0 Å². The maximum Gasteiger partial charge on any atom is 0.338 e. The van der Waals surface area contributed by atoms with E-state index in [9.17, 15) is 4.79 Å². The number of halogens is 2. The fourth-order valence-corrected chi connectivity index (χ4v) is 2.80. The molecular weight excluding hydrogens is 346 g/mol. The van der Waals surface area contributed by atoms with Crippen LogP contribution in [0.3, 0.4) is 0 Å². The number of nitrogens with zero attached hydrogens (tertiary/aromatic N) is 3. The average Bonchev–Trinajstić information content (AvgIpc) is 2.82. The van der Waals surface area contributed by atoms with Crippen molar-refractivity contribution in [3.8, 4) is 5.69 Å². The van der Waals surface area contributed by atoms with Crippen LogP contribution < -0.4 is 0 Å². The zero-order valence-corrected chi connectivity index (χ0v) is 12.3. The number of carbonyl (C=O) groups is 1. The van der Waals surface area contributed by atoms with Gasteiger partial charge in [-0.2, -0.15) is 0 Å². The van der Waals surface area contributed by atoms with Crippen molar-refractivity contribution in [3.05, 3.63) is 51.5 Å². The molecule has 0 aliphatic heterocycles. The SMILES string of the molecule is O=C(O)c1cccc2c1nnn2-c1ccc(Cl)cc1Br. The zero-order chi connectivity index (χ0) is 14.3. The van der Waals surface area contributed by atoms with Gasteiger partial charge < -0.3 is 5.11 Å². The lowest BCUT2D eigenvalue weighted by molar-refractivity contribution is 0.0699. The monoisotopic (exact) mass is 351 g/mol. The third kappa shape index (κ3) is 2.07. The maximum absolute atomic E-state index is 11.2. The third-order valence-corrected chi connectivity index (χ3v) is 3.72. The first kappa shape index (κ1) is 13.1. The summed E-state index contributed by atoms with van der Waals surface area (Å²) in [4.78, 5) is 11.2. The number of rotatable bonds is 2. The topological polar surface area (TPSA) is 68.0 Å². The van der Waals surface area contributed by atoms with Crippen molar-refractivity contribution >= 4 is 44.5 Å². The van der Waals surface area contributed by atoms with E-state index in [0.29, 0.717) is 16.1 Å². The van der Waals surface area contributed by atoms with Crippen LogP contribution in [0.5, 0.6) is 0 Å². The molecule has 2 aromatic carbocycles. The molecule has 3 aromatic rings. The van der Waals surface area contributed by atoms with Crippen molar-refractivity contribution in [2.45, 2.75) is 0 Å². The number of carboxylic acids is 1. The van der Waals surface area contributed by atoms with Crippen LogP contribution >= 0.6 is 27.5 Å². The highest BCUT2D eigenvalue weighted by molar-refractivity contribution is 9.10. The first-order valence-electron chi connectivity index (χ1n) is 5.61. The first-order valence-corrected chi connectivity index (χ1v) is 6.78. The van der Waals surface area contributed by atoms with Crippen molar-refractivity contribution in [2.75, 3.05) is 0 Å². The molecule has 0 fully saturated rings. The Morgan fingerprint density at radius 3 is 2.80 bits per heavy atom. The molecule has 0 spiro atoms. The van der Waals surface area contributed by atoms with E-state index in [2.05, 4.69) is 26.2 Å². The molecule has 0 saturated heterocycles. The Labute approximate surface area is 126 Å². The Hall–Kier alpha value is -1.92. The van der Waals surface area contributed by atoms with Gasteiger partial charge in [-0.05, 0) is 46.3 Å². The smallest absolute Gasteiger partial charge is 0.338 e. The summed E-state index contributed by atoms with van der Waals surface area (Å²) in [6.07, 6.45) is 0. The largest absolute Gasteiger partial charge is 0.478 e. The standard InChI is InChI=1S/C13H7BrClN3O2/c14-9-6-7(15)4-5-10(9)18-11-3-1-2-8(13(19)20)12(11)16-17-18/h1-6H,(H,19,20). The fraction of sp³-hybridized carbons (Fsp3) is 0. The van der Waals surface area contributed by atoms with Gasteiger partial charge in [-0.1, -0.05) is 22.9 Å². The Kier molecular flexibility index (Phi) is 3.19. The molecule has 1 aromatic heterocycles. The summed E-state index contributed by atoms with van der Waals surface area (Å²) >= 11 is 9.32. The maximum atomic E-state index is 11.2. The zero-order valence-electron chi connectivity index (χ0n) is 9.92. The van der Waals surface area contributed by atoms with E-state index in [0.717, 1.165) is 10.2 Å². The molecular formula is C13H7BrClN3O2. The highest BCUT2D eigenvalue weighted by Gasteiger charge is 2.15. The lowest BCUT2D eigenvalue weighted by Crippen LogP contribution is -1.99. The van der Waals surface area contributed by atoms with Crippen LogP contribution in [-0.4, -0.2) is 26.1 Å². The highest BCUT2D eigenvalue weighted by Crippen LogP contribution is 2.27. The summed E-state index contributed by atoms with van der Waals surface area (Å²) in [7, 11) is 0. The molecule has 0 aliphatic carbocycles. The van der Waals surface area contributed by atoms with Gasteiger partial charge in [0.25, 0.3) is 0 Å². The van der Waals surface area contributed by atoms with E-state index in [4.69, 9.17) is 16.7 Å². The van der Waals surface area contributed by atoms with Gasteiger partial charge in [0.05, 0.1) is 16.8 Å². The molecule has 100 valence electrons. The van der Waals surface area contributed by atoms with Crippen LogP contribution in [0.25, 0.3) is 16.7 Å². The Balaban J connectivity index is 2.28. The van der Waals surface area contributed by atoms with E-state index >= 15 is 0 Å². The van der Waals surface area contributed by atoms with E-state index < -0.39 is 5.97 Å². The summed E-state index contributed by atoms with van der Waals surface area (Å²) in [6.45, 7) is 0. The number of hydrogen-bond acceptors (Lipinski definition) is 3. The van der Waals surface area contributed by atoms with Gasteiger partial charge in [-0.3, -0.25) is 0 Å². The molecule has 0 amide bonds. The molecule has 1 heterocycles. The van der Waals surface area contributed by atoms with Crippen LogP contribution in [0.1, 0.15) is 10.4 Å². The number of aromatic nitrogens is 3. The molecule has 20 heavy (non-hydrogen) atoms. The lowest BCUT2D eigenvalue weighted by atomic mass is 10.2. The van der Waals surface area contributed by atoms with Gasteiger partial charge in [0.1, 0.15) is 5.52 Å². The number of carboxylic acid groups (broad SMARTS) is 1. The van der Waals surface area contributed by atoms with Crippen LogP contribution in [0.15, 0.2) is 40.9 Å². The minimum Gasteiger partial charge on any atom is -0.478 e. The molecule has 1 N–H and O–H groups in total. The van der Waals surface area contributed by atoms with Gasteiger partial charge in [-0.15, -0.1) is 5.10 Å². The van der Waals surface area contributed by atoms with Crippen LogP contribution in [0.4, 0.5) is 0 Å². The normalized spacial score (nSPS) is 10.9. The van der Waals surface area contributed by atoms with Gasteiger partial charge in [0.2, 0.25) is 0 Å². The first-order chi connectivity index (χ1) is 9.58. The second-order valence-electron chi connectivity index (χ2n) is 4.08. The molecule has 5 nitrogen and oxygen atoms in total. The van der Waals surface area contributed by atoms with Gasteiger partial charge >= 0.3 is 5.97 Å². The van der Waals surface area contributed by atoms with Gasteiger partial charge in [0.15, 0.2) is 0 Å². The molecule has 7 heteroatoms. The predicted molar refractivity (Wildman–Crippen MR) is 78.5 cm³/mol. The third-order valence-electron chi connectivity index (χ3n) is 2.85. The van der Waals surface area contributed by atoms with Gasteiger partial charge in [-0.25, -0.2) is 9.48 Å². The van der Waals surface area contributed by atoms with E-state index in [1.165, 1.54) is 6.07 Å². The molecule has 3 rings (SSSR count). The van der Waals surface area contributed by atoms with E-state index in [-0.39, 0.29) is 5.56 Å². The van der Waals surface area contributed by atoms with Crippen molar-refractivity contribution in [1.82, 2.24) is 15.0 Å². The number of fused-ring (bicyclic) bond motifs is 1. The molecule has 0 bridgehead atoms. The minimum absolute atomic E-state index is 0.124. The Morgan fingerprint density at radius 1 is 1.30 bits per heavy atom. The van der Waals surface area contributed by atoms with Crippen LogP contribution in [0, 0.1) is 0 Å². The highest BCUT2D eigenvalue weighted by atomic mass is 79.9. The van der Waals surface area contributed by atoms with E-state index in [1.807, 2.05) is 0 Å². The second-order valence-corrected chi connectivity index (χ2v) is 5.37. The van der Waals surface area contributed by atoms with Crippen molar-refractivity contribution in [3.63, 3.8) is 0 Å². The molecule has 0 radical (unpaired) electrons. The summed E-state index contributed by atoms with van der Waals surface area (Å²) in [5.74, 6) is -1.03. The minimum atomic E-state index is -1.03. The van der Waals surface area contributed by atoms with Crippen molar-refractivity contribution in [2.24, 2.45) is 0 Å². The average molecular weight is 353 g/mol. The van der Waals surface area contributed by atoms with Crippen molar-refractivity contribution < 1.29 is 9.90 Å². The second kappa shape index (κ2) is 4.88. The van der Waals surface area contributed by atoms with Crippen LogP contribution in [-0.2, 0) is 0 Å². The lowest BCUT2D eigenvalue weighted by Gasteiger charge is -2.05. The number of hydrogen-bond donors (Lipinski definition) is 1. The summed E-state index contributed by atoms with van der Waals surface area (Å²) in [6, 6.07) is 10.2.